The molecule has 1 aromatic rings. The molecule has 180 valence electrons. The lowest BCUT2D eigenvalue weighted by molar-refractivity contribution is -0.126. The molecule has 7 nitrogen and oxygen atoms in total. The first-order valence-electron chi connectivity index (χ1n) is 11.4. The Morgan fingerprint density at radius 3 is 2.41 bits per heavy atom. The van der Waals surface area contributed by atoms with Gasteiger partial charge in [0.25, 0.3) is 0 Å². The van der Waals surface area contributed by atoms with E-state index in [1.165, 1.54) is 0 Å². The summed E-state index contributed by atoms with van der Waals surface area (Å²) in [4.78, 5) is 16.9. The van der Waals surface area contributed by atoms with E-state index in [0.29, 0.717) is 12.6 Å². The molecule has 3 N–H and O–H groups in total. The summed E-state index contributed by atoms with van der Waals surface area (Å²) in [6.07, 6.45) is 6.23. The zero-order valence-corrected chi connectivity index (χ0v) is 22.3. The molecule has 0 bridgehead atoms. The number of hydrogen-bond donors (Lipinski definition) is 3. The van der Waals surface area contributed by atoms with Crippen molar-refractivity contribution in [3.63, 3.8) is 0 Å². The Bertz CT molecular complexity index is 795. The standard InChI is InChI=1S/C24H38N4O3.HI/c1-24(2,17-9-12-20(30-4)21(14-17)31-5)15-26-23(25-3)28-19-8-6-7-16(13-19)22(29)27-18-10-11-18;/h9,12,14,16,18-19H,6-8,10-11,13,15H2,1-5H3,(H,27,29)(H2,25,26,28);1H. The number of hydrogen-bond acceptors (Lipinski definition) is 4. The Kier molecular flexibility index (Phi) is 9.91. The lowest BCUT2D eigenvalue weighted by Gasteiger charge is -2.32. The third-order valence-electron chi connectivity index (χ3n) is 6.40. The van der Waals surface area contributed by atoms with Crippen LogP contribution in [0.2, 0.25) is 0 Å². The van der Waals surface area contributed by atoms with Crippen LogP contribution >= 0.6 is 24.0 Å². The molecule has 0 radical (unpaired) electrons. The fourth-order valence-electron chi connectivity index (χ4n) is 4.16. The number of nitrogens with one attached hydrogen (secondary N) is 3. The summed E-state index contributed by atoms with van der Waals surface area (Å²) < 4.78 is 10.8. The van der Waals surface area contributed by atoms with E-state index >= 15 is 0 Å². The van der Waals surface area contributed by atoms with Gasteiger partial charge in [-0.15, -0.1) is 24.0 Å². The third-order valence-corrected chi connectivity index (χ3v) is 6.40. The molecule has 2 atom stereocenters. The van der Waals surface area contributed by atoms with E-state index < -0.39 is 0 Å². The van der Waals surface area contributed by atoms with Gasteiger partial charge in [-0.3, -0.25) is 9.79 Å². The Morgan fingerprint density at radius 2 is 1.78 bits per heavy atom. The van der Waals surface area contributed by atoms with Crippen molar-refractivity contribution in [3.8, 4) is 11.5 Å². The molecular weight excluding hydrogens is 519 g/mol. The molecule has 2 aliphatic rings. The van der Waals surface area contributed by atoms with Crippen LogP contribution in [0.15, 0.2) is 23.2 Å². The fraction of sp³-hybridized carbons (Fsp3) is 0.667. The molecule has 2 unspecified atom stereocenters. The van der Waals surface area contributed by atoms with Gasteiger partial charge in [0.1, 0.15) is 0 Å². The van der Waals surface area contributed by atoms with E-state index in [0.717, 1.165) is 61.5 Å². The summed E-state index contributed by atoms with van der Waals surface area (Å²) in [5.41, 5.74) is 1.01. The van der Waals surface area contributed by atoms with Gasteiger partial charge in [0.15, 0.2) is 17.5 Å². The predicted molar refractivity (Wildman–Crippen MR) is 139 cm³/mol. The molecule has 2 fully saturated rings. The molecule has 8 heteroatoms. The maximum atomic E-state index is 12.5. The van der Waals surface area contributed by atoms with Crippen LogP contribution in [0.5, 0.6) is 11.5 Å². The maximum Gasteiger partial charge on any atom is 0.223 e. The van der Waals surface area contributed by atoms with Crippen LogP contribution in [0.3, 0.4) is 0 Å². The highest BCUT2D eigenvalue weighted by Crippen LogP contribution is 2.33. The van der Waals surface area contributed by atoms with Crippen molar-refractivity contribution in [2.45, 2.75) is 69.9 Å². The molecule has 1 aromatic carbocycles. The number of methoxy groups -OCH3 is 2. The molecule has 0 heterocycles. The number of guanidine groups is 1. The van der Waals surface area contributed by atoms with Crippen LogP contribution in [0.4, 0.5) is 0 Å². The Morgan fingerprint density at radius 1 is 1.06 bits per heavy atom. The zero-order valence-electron chi connectivity index (χ0n) is 20.0. The summed E-state index contributed by atoms with van der Waals surface area (Å²) in [5, 5.41) is 10.2. The first kappa shape index (κ1) is 26.5. The van der Waals surface area contributed by atoms with Crippen LogP contribution in [-0.2, 0) is 10.2 Å². The van der Waals surface area contributed by atoms with Gasteiger partial charge in [-0.2, -0.15) is 0 Å². The van der Waals surface area contributed by atoms with E-state index in [4.69, 9.17) is 9.47 Å². The van der Waals surface area contributed by atoms with Crippen molar-refractivity contribution in [1.82, 2.24) is 16.0 Å². The molecule has 0 aromatic heterocycles. The SMILES string of the molecule is CN=C(NCC(C)(C)c1ccc(OC)c(OC)c1)NC1CCCC(C(=O)NC2CC2)C1.I. The van der Waals surface area contributed by atoms with Gasteiger partial charge in [-0.05, 0) is 49.8 Å². The van der Waals surface area contributed by atoms with E-state index in [2.05, 4.69) is 40.9 Å². The highest BCUT2D eigenvalue weighted by molar-refractivity contribution is 14.0. The summed E-state index contributed by atoms with van der Waals surface area (Å²) in [6, 6.07) is 6.73. The molecule has 0 saturated heterocycles. The van der Waals surface area contributed by atoms with Crippen LogP contribution in [0.25, 0.3) is 0 Å². The van der Waals surface area contributed by atoms with Crippen LogP contribution in [-0.4, -0.2) is 51.8 Å². The van der Waals surface area contributed by atoms with Gasteiger partial charge < -0.3 is 25.4 Å². The minimum absolute atomic E-state index is 0. The molecule has 1 amide bonds. The van der Waals surface area contributed by atoms with Crippen LogP contribution < -0.4 is 25.4 Å². The number of nitrogens with zero attached hydrogens (tertiary/aromatic N) is 1. The molecule has 0 spiro atoms. The van der Waals surface area contributed by atoms with Crippen molar-refractivity contribution < 1.29 is 14.3 Å². The minimum Gasteiger partial charge on any atom is -0.493 e. The van der Waals surface area contributed by atoms with Crippen molar-refractivity contribution >= 4 is 35.8 Å². The van der Waals surface area contributed by atoms with Gasteiger partial charge in [-0.25, -0.2) is 0 Å². The quantitative estimate of drug-likeness (QED) is 0.258. The number of carbonyl (C=O) groups excluding carboxylic acids is 1. The molecule has 32 heavy (non-hydrogen) atoms. The normalized spacial score (nSPS) is 21.2. The molecule has 2 saturated carbocycles. The van der Waals surface area contributed by atoms with E-state index in [1.807, 2.05) is 12.1 Å². The van der Waals surface area contributed by atoms with E-state index in [9.17, 15) is 4.79 Å². The summed E-state index contributed by atoms with van der Waals surface area (Å²) in [7, 11) is 5.09. The largest absolute Gasteiger partial charge is 0.493 e. The third kappa shape index (κ3) is 7.15. The van der Waals surface area contributed by atoms with Crippen molar-refractivity contribution in [2.24, 2.45) is 10.9 Å². The highest BCUT2D eigenvalue weighted by Gasteiger charge is 2.31. The number of ether oxygens (including phenoxy) is 2. The monoisotopic (exact) mass is 558 g/mol. The number of carbonyl (C=O) groups is 1. The van der Waals surface area contributed by atoms with Crippen molar-refractivity contribution in [1.29, 1.82) is 0 Å². The van der Waals surface area contributed by atoms with Crippen molar-refractivity contribution in [2.75, 3.05) is 27.8 Å². The first-order valence-corrected chi connectivity index (χ1v) is 11.4. The summed E-state index contributed by atoms with van der Waals surface area (Å²) in [5.74, 6) is 2.57. The maximum absolute atomic E-state index is 12.5. The highest BCUT2D eigenvalue weighted by atomic mass is 127. The lowest BCUT2D eigenvalue weighted by Crippen LogP contribution is -2.49. The van der Waals surface area contributed by atoms with Gasteiger partial charge in [-0.1, -0.05) is 26.3 Å². The smallest absolute Gasteiger partial charge is 0.223 e. The Balaban J connectivity index is 0.00000363. The fourth-order valence-corrected chi connectivity index (χ4v) is 4.16. The van der Waals surface area contributed by atoms with Gasteiger partial charge in [0, 0.05) is 37.0 Å². The number of halogens is 1. The molecule has 2 aliphatic carbocycles. The summed E-state index contributed by atoms with van der Waals surface area (Å²) in [6.45, 7) is 5.08. The number of aliphatic imine (C=N–C) groups is 1. The molecule has 3 rings (SSSR count). The average Bonchev–Trinajstić information content (AvgIpc) is 3.60. The first-order chi connectivity index (χ1) is 14.9. The minimum atomic E-state index is -0.142. The van der Waals surface area contributed by atoms with Gasteiger partial charge in [0.05, 0.1) is 14.2 Å². The van der Waals surface area contributed by atoms with Crippen LogP contribution in [0.1, 0.15) is 57.9 Å². The second kappa shape index (κ2) is 12.0. The zero-order chi connectivity index (χ0) is 22.4. The number of rotatable bonds is 8. The number of benzene rings is 1. The van der Waals surface area contributed by atoms with Gasteiger partial charge in [0.2, 0.25) is 5.91 Å². The lowest BCUT2D eigenvalue weighted by atomic mass is 9.84. The second-order valence-corrected chi connectivity index (χ2v) is 9.37. The van der Waals surface area contributed by atoms with Crippen LogP contribution in [0, 0.1) is 5.92 Å². The van der Waals surface area contributed by atoms with Crippen molar-refractivity contribution in [3.05, 3.63) is 23.8 Å². The average molecular weight is 559 g/mol. The molecular formula is C24H39IN4O3. The topological polar surface area (TPSA) is 84.0 Å². The molecule has 0 aliphatic heterocycles. The van der Waals surface area contributed by atoms with E-state index in [1.54, 1.807) is 21.3 Å². The Hall–Kier alpha value is -1.71. The summed E-state index contributed by atoms with van der Waals surface area (Å²) >= 11 is 0. The Labute approximate surface area is 209 Å². The predicted octanol–water partition coefficient (Wildman–Crippen LogP) is 3.60. The van der Waals surface area contributed by atoms with E-state index in [-0.39, 0.29) is 47.3 Å². The van der Waals surface area contributed by atoms with Gasteiger partial charge >= 0.3 is 0 Å². The number of amides is 1. The second-order valence-electron chi connectivity index (χ2n) is 9.37.